The number of nitrogens with zero attached hydrogens (tertiary/aromatic N) is 2. The van der Waals surface area contributed by atoms with Crippen LogP contribution in [0.25, 0.3) is 0 Å². The predicted octanol–water partition coefficient (Wildman–Crippen LogP) is 2.06. The molecule has 0 aliphatic carbocycles. The van der Waals surface area contributed by atoms with E-state index in [2.05, 4.69) is 0 Å². The molecular formula is C19H27N3O4. The molecule has 1 aromatic carbocycles. The Balaban J connectivity index is 1.68. The van der Waals surface area contributed by atoms with Gasteiger partial charge in [-0.1, -0.05) is 30.3 Å². The minimum Gasteiger partial charge on any atom is -0.444 e. The molecule has 2 saturated heterocycles. The van der Waals surface area contributed by atoms with Crippen LogP contribution in [0, 0.1) is 0 Å². The number of β-lactam (4-membered cyclic amide) rings is 1. The number of carbonyl (C=O) groups excluding carboxylic acids is 2. The Bertz CT molecular complexity index is 673. The largest absolute Gasteiger partial charge is 0.444 e. The molecule has 26 heavy (non-hydrogen) atoms. The fourth-order valence-electron chi connectivity index (χ4n) is 3.58. The van der Waals surface area contributed by atoms with Crippen LogP contribution >= 0.6 is 0 Å². The molecule has 2 amide bonds. The molecule has 0 bridgehead atoms. The number of benzene rings is 1. The van der Waals surface area contributed by atoms with Gasteiger partial charge in [0.15, 0.2) is 0 Å². The van der Waals surface area contributed by atoms with Crippen molar-refractivity contribution < 1.29 is 19.2 Å². The first kappa shape index (κ1) is 18.7. The first-order valence-electron chi connectivity index (χ1n) is 8.98. The van der Waals surface area contributed by atoms with Gasteiger partial charge in [0.05, 0.1) is 6.54 Å². The van der Waals surface area contributed by atoms with Crippen molar-refractivity contribution in [2.45, 2.75) is 57.4 Å². The van der Waals surface area contributed by atoms with Crippen LogP contribution in [0.3, 0.4) is 0 Å². The standard InChI is InChI=1S/C19H27N3O4/c1-18(2,3)26-17(24)22-15(11-20)9-10-19(22)13-21(16(19)23)25-12-14-7-5-4-6-8-14/h4-8,15H,9-13,20H2,1-3H3. The molecule has 7 nitrogen and oxygen atoms in total. The lowest BCUT2D eigenvalue weighted by molar-refractivity contribution is -0.241. The van der Waals surface area contributed by atoms with E-state index in [-0.39, 0.29) is 11.9 Å². The van der Waals surface area contributed by atoms with Crippen LogP contribution in [0.4, 0.5) is 4.79 Å². The van der Waals surface area contributed by atoms with Gasteiger partial charge in [0.2, 0.25) is 0 Å². The normalized spacial score (nSPS) is 25.5. The summed E-state index contributed by atoms with van der Waals surface area (Å²) in [4.78, 5) is 32.7. The molecule has 142 valence electrons. The van der Waals surface area contributed by atoms with Crippen molar-refractivity contribution in [3.8, 4) is 0 Å². The molecule has 2 fully saturated rings. The number of likely N-dealkylation sites (tertiary alicyclic amines) is 1. The topological polar surface area (TPSA) is 85.1 Å². The van der Waals surface area contributed by atoms with E-state index < -0.39 is 17.2 Å². The molecule has 2 N–H and O–H groups in total. The van der Waals surface area contributed by atoms with Crippen LogP contribution in [0.1, 0.15) is 39.2 Å². The minimum absolute atomic E-state index is 0.190. The molecule has 7 heteroatoms. The number of amides is 2. The molecule has 2 heterocycles. The molecule has 0 radical (unpaired) electrons. The van der Waals surface area contributed by atoms with E-state index in [0.717, 1.165) is 5.56 Å². The predicted molar refractivity (Wildman–Crippen MR) is 95.8 cm³/mol. The maximum atomic E-state index is 12.9. The van der Waals surface area contributed by atoms with Crippen LogP contribution in [-0.2, 0) is 21.0 Å². The maximum absolute atomic E-state index is 12.9. The van der Waals surface area contributed by atoms with Crippen LogP contribution in [0.15, 0.2) is 30.3 Å². The average Bonchev–Trinajstić information content (AvgIpc) is 2.99. The molecule has 3 rings (SSSR count). The van der Waals surface area contributed by atoms with E-state index in [0.29, 0.717) is 32.5 Å². The van der Waals surface area contributed by atoms with Crippen molar-refractivity contribution in [1.82, 2.24) is 9.96 Å². The molecule has 0 aromatic heterocycles. The molecule has 1 aromatic rings. The van der Waals surface area contributed by atoms with E-state index >= 15 is 0 Å². The first-order chi connectivity index (χ1) is 12.3. The molecular weight excluding hydrogens is 334 g/mol. The highest BCUT2D eigenvalue weighted by atomic mass is 16.7. The van der Waals surface area contributed by atoms with Crippen molar-refractivity contribution in [2.24, 2.45) is 5.73 Å². The molecule has 1 spiro atoms. The number of hydrogen-bond acceptors (Lipinski definition) is 5. The number of carbonyl (C=O) groups is 2. The number of hydrogen-bond donors (Lipinski definition) is 1. The Kier molecular flexibility index (Phi) is 4.94. The summed E-state index contributed by atoms with van der Waals surface area (Å²) in [6.07, 6.45) is 0.785. The Morgan fingerprint density at radius 1 is 1.31 bits per heavy atom. The second kappa shape index (κ2) is 6.89. The van der Waals surface area contributed by atoms with E-state index in [9.17, 15) is 9.59 Å². The quantitative estimate of drug-likeness (QED) is 0.830. The van der Waals surface area contributed by atoms with Gasteiger partial charge in [0.1, 0.15) is 17.7 Å². The van der Waals surface area contributed by atoms with Gasteiger partial charge in [0.25, 0.3) is 5.91 Å². The van der Waals surface area contributed by atoms with Gasteiger partial charge in [-0.2, -0.15) is 0 Å². The lowest BCUT2D eigenvalue weighted by atomic mass is 9.88. The molecule has 2 aliphatic rings. The summed E-state index contributed by atoms with van der Waals surface area (Å²) in [5.41, 5.74) is 5.30. The fourth-order valence-corrected chi connectivity index (χ4v) is 3.58. The van der Waals surface area contributed by atoms with Crippen LogP contribution < -0.4 is 5.73 Å². The molecule has 0 saturated carbocycles. The van der Waals surface area contributed by atoms with Crippen LogP contribution in [-0.4, -0.2) is 52.2 Å². The lowest BCUT2D eigenvalue weighted by Crippen LogP contribution is -2.74. The number of nitrogens with two attached hydrogens (primary N) is 1. The summed E-state index contributed by atoms with van der Waals surface area (Å²) < 4.78 is 5.52. The first-order valence-corrected chi connectivity index (χ1v) is 8.98. The van der Waals surface area contributed by atoms with Crippen molar-refractivity contribution in [3.05, 3.63) is 35.9 Å². The zero-order valence-corrected chi connectivity index (χ0v) is 15.6. The maximum Gasteiger partial charge on any atom is 0.411 e. The summed E-state index contributed by atoms with van der Waals surface area (Å²) in [5.74, 6) is -0.199. The zero-order chi connectivity index (χ0) is 18.9. The Morgan fingerprint density at radius 3 is 2.58 bits per heavy atom. The van der Waals surface area contributed by atoms with E-state index in [4.69, 9.17) is 15.3 Å². The Hall–Kier alpha value is -2.12. The number of hydroxylamine groups is 2. The Morgan fingerprint density at radius 2 is 2.00 bits per heavy atom. The number of rotatable bonds is 4. The summed E-state index contributed by atoms with van der Waals surface area (Å²) in [7, 11) is 0. The SMILES string of the molecule is CC(C)(C)OC(=O)N1C(CN)CCC12CN(OCc1ccccc1)C2=O. The third-order valence-corrected chi connectivity index (χ3v) is 4.84. The van der Waals surface area contributed by atoms with Crippen molar-refractivity contribution in [3.63, 3.8) is 0 Å². The van der Waals surface area contributed by atoms with Gasteiger partial charge in [-0.15, -0.1) is 0 Å². The van der Waals surface area contributed by atoms with Crippen molar-refractivity contribution in [1.29, 1.82) is 0 Å². The minimum atomic E-state index is -0.886. The van der Waals surface area contributed by atoms with Gasteiger partial charge in [0, 0.05) is 12.6 Å². The van der Waals surface area contributed by atoms with Crippen LogP contribution in [0.5, 0.6) is 0 Å². The summed E-state index contributed by atoms with van der Waals surface area (Å²) in [5, 5.41) is 1.34. The van der Waals surface area contributed by atoms with Crippen molar-refractivity contribution >= 4 is 12.0 Å². The summed E-state index contributed by atoms with van der Waals surface area (Å²) >= 11 is 0. The fraction of sp³-hybridized carbons (Fsp3) is 0.579. The van der Waals surface area contributed by atoms with Gasteiger partial charge in [-0.25, -0.2) is 9.86 Å². The van der Waals surface area contributed by atoms with Gasteiger partial charge in [-0.05, 0) is 39.2 Å². The van der Waals surface area contributed by atoms with E-state index in [1.807, 2.05) is 51.1 Å². The highest BCUT2D eigenvalue weighted by molar-refractivity contribution is 5.95. The second-order valence-corrected chi connectivity index (χ2v) is 7.91. The molecule has 2 atom stereocenters. The smallest absolute Gasteiger partial charge is 0.411 e. The molecule has 2 unspecified atom stereocenters. The van der Waals surface area contributed by atoms with Gasteiger partial charge >= 0.3 is 6.09 Å². The summed E-state index contributed by atoms with van der Waals surface area (Å²) in [6, 6.07) is 9.46. The van der Waals surface area contributed by atoms with E-state index in [1.54, 1.807) is 4.90 Å². The monoisotopic (exact) mass is 361 g/mol. The van der Waals surface area contributed by atoms with Gasteiger partial charge in [-0.3, -0.25) is 14.5 Å². The van der Waals surface area contributed by atoms with Crippen LogP contribution in [0.2, 0.25) is 0 Å². The lowest BCUT2D eigenvalue weighted by Gasteiger charge is -2.50. The third kappa shape index (κ3) is 3.41. The highest BCUT2D eigenvalue weighted by Gasteiger charge is 2.63. The third-order valence-electron chi connectivity index (χ3n) is 4.84. The van der Waals surface area contributed by atoms with E-state index in [1.165, 1.54) is 5.06 Å². The summed E-state index contributed by atoms with van der Waals surface area (Å²) in [6.45, 7) is 6.39. The zero-order valence-electron chi connectivity index (χ0n) is 15.6. The Labute approximate surface area is 154 Å². The second-order valence-electron chi connectivity index (χ2n) is 7.91. The highest BCUT2D eigenvalue weighted by Crippen LogP contribution is 2.43. The number of ether oxygens (including phenoxy) is 1. The van der Waals surface area contributed by atoms with Crippen molar-refractivity contribution in [2.75, 3.05) is 13.1 Å². The van der Waals surface area contributed by atoms with Gasteiger partial charge < -0.3 is 10.5 Å². The average molecular weight is 361 g/mol. The molecule has 2 aliphatic heterocycles.